The molecule has 182 valence electrons. The van der Waals surface area contributed by atoms with E-state index in [1.807, 2.05) is 79.7 Å². The first-order valence-corrected chi connectivity index (χ1v) is 12.1. The van der Waals surface area contributed by atoms with Gasteiger partial charge in [0.25, 0.3) is 5.56 Å². The van der Waals surface area contributed by atoms with Gasteiger partial charge in [-0.15, -0.1) is 0 Å². The van der Waals surface area contributed by atoms with E-state index in [4.69, 9.17) is 9.72 Å². The summed E-state index contributed by atoms with van der Waals surface area (Å²) in [5.41, 5.74) is 5.66. The van der Waals surface area contributed by atoms with Gasteiger partial charge in [0.2, 0.25) is 0 Å². The third kappa shape index (κ3) is 2.92. The van der Waals surface area contributed by atoms with E-state index >= 15 is 0 Å². The number of ether oxygens (including phenoxy) is 1. The van der Waals surface area contributed by atoms with E-state index in [0.717, 1.165) is 38.1 Å². The molecule has 8 heteroatoms. The van der Waals surface area contributed by atoms with Crippen molar-refractivity contribution >= 4 is 21.9 Å². The Hall–Kier alpha value is -4.85. The lowest BCUT2D eigenvalue weighted by molar-refractivity contribution is 0.220. The van der Waals surface area contributed by atoms with Gasteiger partial charge in [-0.25, -0.2) is 9.78 Å². The van der Waals surface area contributed by atoms with Crippen LogP contribution >= 0.6 is 0 Å². The minimum Gasteiger partial charge on any atom is -0.474 e. The molecule has 0 bridgehead atoms. The molecule has 1 atom stereocenters. The molecule has 0 radical (unpaired) electrons. The number of nitrogens with zero attached hydrogens (tertiary/aromatic N) is 4. The second kappa shape index (κ2) is 7.57. The lowest BCUT2D eigenvalue weighted by atomic mass is 10.1. The molecule has 0 amide bonds. The Morgan fingerprint density at radius 1 is 0.892 bits per heavy atom. The van der Waals surface area contributed by atoms with E-state index in [1.54, 1.807) is 7.05 Å². The Bertz CT molecular complexity index is 1960. The highest BCUT2D eigenvalue weighted by Gasteiger charge is 2.37. The molecule has 7 rings (SSSR count). The third-order valence-electron chi connectivity index (χ3n) is 7.19. The number of hydrogen-bond donors (Lipinski definition) is 1. The van der Waals surface area contributed by atoms with Crippen LogP contribution in [0.15, 0.2) is 82.4 Å². The molecule has 0 unspecified atom stereocenters. The summed E-state index contributed by atoms with van der Waals surface area (Å²) in [5.74, 6) is 1.26. The van der Waals surface area contributed by atoms with Crippen LogP contribution in [0.4, 0.5) is 0 Å². The second-order valence-corrected chi connectivity index (χ2v) is 9.47. The van der Waals surface area contributed by atoms with Gasteiger partial charge < -0.3 is 14.3 Å². The summed E-state index contributed by atoms with van der Waals surface area (Å²) in [5, 5.41) is 0.463. The van der Waals surface area contributed by atoms with Crippen LogP contribution in [-0.2, 0) is 14.1 Å². The Morgan fingerprint density at radius 3 is 2.41 bits per heavy atom. The van der Waals surface area contributed by atoms with Crippen LogP contribution < -0.4 is 16.0 Å². The summed E-state index contributed by atoms with van der Waals surface area (Å²) in [6.07, 6.45) is -0.679. The lowest BCUT2D eigenvalue weighted by Crippen LogP contribution is -2.37. The van der Waals surface area contributed by atoms with Crippen molar-refractivity contribution in [3.05, 3.63) is 111 Å². The van der Waals surface area contributed by atoms with Crippen molar-refractivity contribution in [2.24, 2.45) is 14.1 Å². The number of fused-ring (bicyclic) bond motifs is 6. The molecule has 0 saturated carbocycles. The molecular formula is C29H23N5O3. The highest BCUT2D eigenvalue weighted by atomic mass is 16.5. The summed E-state index contributed by atoms with van der Waals surface area (Å²) in [6, 6.07) is 23.6. The van der Waals surface area contributed by atoms with Crippen LogP contribution in [0.1, 0.15) is 23.2 Å². The number of H-pyrrole nitrogens is 1. The van der Waals surface area contributed by atoms with E-state index in [9.17, 15) is 9.59 Å². The number of benzene rings is 3. The first kappa shape index (κ1) is 21.4. The summed E-state index contributed by atoms with van der Waals surface area (Å²) in [4.78, 5) is 35.1. The summed E-state index contributed by atoms with van der Waals surface area (Å²) >= 11 is 0. The average Bonchev–Trinajstić information content (AvgIpc) is 3.51. The van der Waals surface area contributed by atoms with Crippen molar-refractivity contribution in [2.45, 2.75) is 13.0 Å². The first-order chi connectivity index (χ1) is 17.9. The molecule has 37 heavy (non-hydrogen) atoms. The fourth-order valence-electron chi connectivity index (χ4n) is 5.38. The van der Waals surface area contributed by atoms with Gasteiger partial charge >= 0.3 is 5.69 Å². The van der Waals surface area contributed by atoms with Gasteiger partial charge in [0.05, 0.1) is 39.0 Å². The van der Waals surface area contributed by atoms with Gasteiger partial charge in [0.1, 0.15) is 5.75 Å². The van der Waals surface area contributed by atoms with Crippen LogP contribution in [0.5, 0.6) is 5.75 Å². The first-order valence-electron chi connectivity index (χ1n) is 12.1. The molecule has 1 N–H and O–H groups in total. The molecule has 0 aliphatic carbocycles. The van der Waals surface area contributed by atoms with Gasteiger partial charge in [0, 0.05) is 14.1 Å². The molecular weight excluding hydrogens is 466 g/mol. The number of hydrogen-bond acceptors (Lipinski definition) is 4. The monoisotopic (exact) mass is 489 g/mol. The molecule has 0 fully saturated rings. The van der Waals surface area contributed by atoms with E-state index < -0.39 is 11.8 Å². The van der Waals surface area contributed by atoms with Crippen LogP contribution in [0.25, 0.3) is 38.9 Å². The number of aryl methyl sites for hydroxylation is 2. The standard InChI is InChI=1S/C29H23N5O3/c1-16-12-14-17(15-13-16)23-22-24(32(2)29(36)33(3)28(22)35)25-26(27-30-18-8-4-5-9-19(18)31-27)37-21-11-7-6-10-20(21)34(23)25/h4-15,26H,1-3H3,(H,30,31)/t26-/m1/s1. The summed E-state index contributed by atoms with van der Waals surface area (Å²) < 4.78 is 11.3. The van der Waals surface area contributed by atoms with Crippen molar-refractivity contribution in [1.82, 2.24) is 23.7 Å². The van der Waals surface area contributed by atoms with Crippen LogP contribution in [-0.4, -0.2) is 23.7 Å². The maximum absolute atomic E-state index is 13.7. The molecule has 3 aromatic heterocycles. The normalized spacial score (nSPS) is 14.5. The number of aromatic nitrogens is 5. The van der Waals surface area contributed by atoms with E-state index in [0.29, 0.717) is 28.2 Å². The molecule has 1 aliphatic heterocycles. The largest absolute Gasteiger partial charge is 0.474 e. The highest BCUT2D eigenvalue weighted by molar-refractivity contribution is 5.98. The molecule has 4 heterocycles. The van der Waals surface area contributed by atoms with Crippen molar-refractivity contribution in [2.75, 3.05) is 0 Å². The van der Waals surface area contributed by atoms with E-state index in [1.165, 1.54) is 11.6 Å². The van der Waals surface area contributed by atoms with E-state index in [2.05, 4.69) is 9.55 Å². The van der Waals surface area contributed by atoms with Crippen molar-refractivity contribution < 1.29 is 4.74 Å². The second-order valence-electron chi connectivity index (χ2n) is 9.47. The van der Waals surface area contributed by atoms with Crippen molar-refractivity contribution in [3.8, 4) is 22.7 Å². The maximum Gasteiger partial charge on any atom is 0.331 e. The maximum atomic E-state index is 13.7. The fraction of sp³-hybridized carbons (Fsp3) is 0.138. The lowest BCUT2D eigenvalue weighted by Gasteiger charge is -2.28. The molecule has 8 nitrogen and oxygen atoms in total. The third-order valence-corrected chi connectivity index (χ3v) is 7.19. The quantitative estimate of drug-likeness (QED) is 0.392. The van der Waals surface area contributed by atoms with Crippen molar-refractivity contribution in [3.63, 3.8) is 0 Å². The predicted octanol–water partition coefficient (Wildman–Crippen LogP) is 4.36. The SMILES string of the molecule is Cc1ccc(-c2c3c(=O)n(C)c(=O)n(C)c3c3n2-c2ccccc2O[C@H]3c2nc3ccccc3[nH]2)cc1. The topological polar surface area (TPSA) is 86.8 Å². The highest BCUT2D eigenvalue weighted by Crippen LogP contribution is 2.46. The Morgan fingerprint density at radius 2 is 1.62 bits per heavy atom. The van der Waals surface area contributed by atoms with Gasteiger partial charge in [-0.05, 0) is 36.8 Å². The van der Waals surface area contributed by atoms with Crippen LogP contribution in [0.3, 0.4) is 0 Å². The summed E-state index contributed by atoms with van der Waals surface area (Å²) in [6.45, 7) is 2.03. The zero-order valence-electron chi connectivity index (χ0n) is 20.5. The summed E-state index contributed by atoms with van der Waals surface area (Å²) in [7, 11) is 3.21. The van der Waals surface area contributed by atoms with Gasteiger partial charge in [-0.2, -0.15) is 0 Å². The zero-order chi connectivity index (χ0) is 25.4. The molecule has 1 aliphatic rings. The number of para-hydroxylation sites is 4. The Balaban J connectivity index is 1.69. The van der Waals surface area contributed by atoms with E-state index in [-0.39, 0.29) is 5.56 Å². The minimum absolute atomic E-state index is 0.351. The van der Waals surface area contributed by atoms with Gasteiger partial charge in [-0.3, -0.25) is 13.9 Å². The van der Waals surface area contributed by atoms with Gasteiger partial charge in [0.15, 0.2) is 11.9 Å². The number of imidazole rings is 1. The smallest absolute Gasteiger partial charge is 0.331 e. The molecule has 3 aromatic carbocycles. The number of rotatable bonds is 2. The molecule has 0 spiro atoms. The average molecular weight is 490 g/mol. The number of aromatic amines is 1. The Labute approximate surface area is 211 Å². The van der Waals surface area contributed by atoms with Gasteiger partial charge in [-0.1, -0.05) is 54.1 Å². The van der Waals surface area contributed by atoms with Crippen molar-refractivity contribution in [1.29, 1.82) is 0 Å². The predicted molar refractivity (Wildman–Crippen MR) is 142 cm³/mol. The minimum atomic E-state index is -0.679. The zero-order valence-corrected chi connectivity index (χ0v) is 20.5. The Kier molecular flexibility index (Phi) is 4.39. The molecule has 6 aromatic rings. The van der Waals surface area contributed by atoms with Crippen LogP contribution in [0.2, 0.25) is 0 Å². The fourth-order valence-corrected chi connectivity index (χ4v) is 5.38. The van der Waals surface area contributed by atoms with Crippen LogP contribution in [0, 0.1) is 6.92 Å². The number of nitrogens with one attached hydrogen (secondary N) is 1. The molecule has 0 saturated heterocycles.